The number of esters is 1. The van der Waals surface area contributed by atoms with Crippen LogP contribution in [0.2, 0.25) is 0 Å². The highest BCUT2D eigenvalue weighted by Gasteiger charge is 2.20. The van der Waals surface area contributed by atoms with Gasteiger partial charge in [-0.15, -0.1) is 0 Å². The lowest BCUT2D eigenvalue weighted by Crippen LogP contribution is -2.18. The van der Waals surface area contributed by atoms with Crippen LogP contribution in [0, 0.1) is 0 Å². The Morgan fingerprint density at radius 1 is 1.56 bits per heavy atom. The predicted octanol–water partition coefficient (Wildman–Crippen LogP) is 0.320. The normalized spacial score (nSPS) is 27.6. The maximum absolute atomic E-state index is 10.5. The van der Waals surface area contributed by atoms with Crippen molar-refractivity contribution in [2.75, 3.05) is 6.54 Å². The molecule has 1 saturated heterocycles. The number of amides is 1. The van der Waals surface area contributed by atoms with E-state index in [1.807, 2.05) is 0 Å². The van der Waals surface area contributed by atoms with E-state index in [0.29, 0.717) is 12.1 Å². The second kappa shape index (κ2) is 6.27. The Morgan fingerprint density at radius 3 is 2.62 bits per heavy atom. The van der Waals surface area contributed by atoms with Gasteiger partial charge in [-0.05, 0) is 33.2 Å². The van der Waals surface area contributed by atoms with E-state index in [2.05, 4.69) is 22.3 Å². The van der Waals surface area contributed by atoms with Crippen LogP contribution in [0.25, 0.3) is 0 Å². The van der Waals surface area contributed by atoms with E-state index in [1.165, 1.54) is 25.5 Å². The molecule has 0 spiro atoms. The fraction of sp³-hybridized carbons (Fsp3) is 0.636. The molecule has 2 aliphatic heterocycles. The average Bonchev–Trinajstić information content (AvgIpc) is 2.79. The molecule has 0 saturated carbocycles. The zero-order valence-corrected chi connectivity index (χ0v) is 9.66. The van der Waals surface area contributed by atoms with Gasteiger partial charge >= 0.3 is 5.97 Å². The highest BCUT2D eigenvalue weighted by Crippen LogP contribution is 2.10. The fourth-order valence-corrected chi connectivity index (χ4v) is 1.60. The van der Waals surface area contributed by atoms with E-state index in [4.69, 9.17) is 0 Å². The van der Waals surface area contributed by atoms with E-state index in [9.17, 15) is 9.59 Å². The van der Waals surface area contributed by atoms with Gasteiger partial charge in [0, 0.05) is 12.1 Å². The van der Waals surface area contributed by atoms with E-state index in [1.54, 1.807) is 6.92 Å². The molecule has 2 N–H and O–H groups in total. The zero-order valence-electron chi connectivity index (χ0n) is 9.66. The van der Waals surface area contributed by atoms with Crippen LogP contribution in [0.15, 0.2) is 11.8 Å². The molecule has 2 rings (SSSR count). The van der Waals surface area contributed by atoms with E-state index in [0.717, 1.165) is 6.04 Å². The molecule has 2 aliphatic rings. The predicted molar refractivity (Wildman–Crippen MR) is 59.5 cm³/mol. The minimum atomic E-state index is -0.406. The average molecular weight is 226 g/mol. The minimum Gasteiger partial charge on any atom is -0.453 e. The molecule has 0 aliphatic carbocycles. The topological polar surface area (TPSA) is 67.4 Å². The lowest BCUT2D eigenvalue weighted by atomic mass is 10.3. The van der Waals surface area contributed by atoms with Crippen molar-refractivity contribution in [2.45, 2.75) is 38.8 Å². The molecule has 0 unspecified atom stereocenters. The Labute approximate surface area is 95.2 Å². The molecule has 0 aromatic heterocycles. The van der Waals surface area contributed by atoms with Gasteiger partial charge in [0.2, 0.25) is 6.41 Å². The van der Waals surface area contributed by atoms with Crippen molar-refractivity contribution in [1.29, 1.82) is 0 Å². The molecular weight excluding hydrogens is 208 g/mol. The summed E-state index contributed by atoms with van der Waals surface area (Å²) in [6, 6.07) is 0.796. The number of carbonyl (C=O) groups excluding carboxylic acids is 2. The van der Waals surface area contributed by atoms with Crippen LogP contribution in [0.5, 0.6) is 0 Å². The SMILES string of the molecule is C[C@@H]1CCCN1.C[C@@H]1OC(=O)C=C1NC=O. The molecule has 0 bridgehead atoms. The van der Waals surface area contributed by atoms with Gasteiger partial charge < -0.3 is 15.4 Å². The van der Waals surface area contributed by atoms with Crippen LogP contribution < -0.4 is 10.6 Å². The summed E-state index contributed by atoms with van der Waals surface area (Å²) in [5, 5.41) is 5.68. The van der Waals surface area contributed by atoms with Crippen molar-refractivity contribution >= 4 is 12.4 Å². The standard InChI is InChI=1S/C6H7NO3.C5H11N/c1-4-5(7-3-8)2-6(9)10-4;1-5-3-2-4-6-5/h2-4H,1H3,(H,7,8);5-6H,2-4H2,1H3/t4-;5-/m01/s1. The van der Waals surface area contributed by atoms with E-state index >= 15 is 0 Å². The summed E-state index contributed by atoms with van der Waals surface area (Å²) in [6.07, 6.45) is 4.21. The number of cyclic esters (lactones) is 1. The lowest BCUT2D eigenvalue weighted by molar-refractivity contribution is -0.138. The van der Waals surface area contributed by atoms with E-state index in [-0.39, 0.29) is 6.10 Å². The van der Waals surface area contributed by atoms with Gasteiger partial charge in [0.1, 0.15) is 6.10 Å². The molecule has 5 heteroatoms. The number of hydrogen-bond donors (Lipinski definition) is 2. The smallest absolute Gasteiger partial charge is 0.333 e. The molecule has 1 amide bonds. The molecular formula is C11H18N2O3. The van der Waals surface area contributed by atoms with Crippen molar-refractivity contribution in [2.24, 2.45) is 0 Å². The largest absolute Gasteiger partial charge is 0.453 e. The summed E-state index contributed by atoms with van der Waals surface area (Å²) < 4.78 is 4.67. The van der Waals surface area contributed by atoms with Crippen molar-refractivity contribution in [3.8, 4) is 0 Å². The van der Waals surface area contributed by atoms with Gasteiger partial charge in [-0.1, -0.05) is 0 Å². The first kappa shape index (κ1) is 12.7. The van der Waals surface area contributed by atoms with Crippen LogP contribution in [0.3, 0.4) is 0 Å². The molecule has 0 radical (unpaired) electrons. The van der Waals surface area contributed by atoms with Gasteiger partial charge in [-0.2, -0.15) is 0 Å². The van der Waals surface area contributed by atoms with Crippen molar-refractivity contribution in [3.63, 3.8) is 0 Å². The quantitative estimate of drug-likeness (QED) is 0.525. The first-order valence-corrected chi connectivity index (χ1v) is 5.49. The van der Waals surface area contributed by atoms with Crippen LogP contribution >= 0.6 is 0 Å². The summed E-state index contributed by atoms with van der Waals surface area (Å²) in [5.74, 6) is -0.406. The number of rotatable bonds is 2. The number of carbonyl (C=O) groups is 2. The Bertz CT molecular complexity index is 283. The highest BCUT2D eigenvalue weighted by molar-refractivity contribution is 5.86. The first-order valence-electron chi connectivity index (χ1n) is 5.49. The third kappa shape index (κ3) is 4.02. The molecule has 90 valence electrons. The summed E-state index contributed by atoms with van der Waals surface area (Å²) in [7, 11) is 0. The number of hydrogen-bond acceptors (Lipinski definition) is 4. The van der Waals surface area contributed by atoms with Crippen molar-refractivity contribution in [3.05, 3.63) is 11.8 Å². The van der Waals surface area contributed by atoms with Gasteiger partial charge in [0.25, 0.3) is 0 Å². The van der Waals surface area contributed by atoms with Gasteiger partial charge in [0.15, 0.2) is 0 Å². The van der Waals surface area contributed by atoms with Gasteiger partial charge in [-0.25, -0.2) is 4.79 Å². The fourth-order valence-electron chi connectivity index (χ4n) is 1.60. The Morgan fingerprint density at radius 2 is 2.31 bits per heavy atom. The summed E-state index contributed by atoms with van der Waals surface area (Å²) in [4.78, 5) is 20.4. The summed E-state index contributed by atoms with van der Waals surface area (Å²) >= 11 is 0. The van der Waals surface area contributed by atoms with Crippen LogP contribution in [0.1, 0.15) is 26.7 Å². The Balaban J connectivity index is 0.000000181. The molecule has 1 fully saturated rings. The van der Waals surface area contributed by atoms with Crippen LogP contribution in [-0.2, 0) is 14.3 Å². The molecule has 2 atom stereocenters. The second-order valence-corrected chi connectivity index (χ2v) is 3.94. The van der Waals surface area contributed by atoms with Gasteiger partial charge in [-0.3, -0.25) is 4.79 Å². The molecule has 2 heterocycles. The highest BCUT2D eigenvalue weighted by atomic mass is 16.5. The maximum Gasteiger partial charge on any atom is 0.333 e. The Hall–Kier alpha value is -1.36. The molecule has 16 heavy (non-hydrogen) atoms. The maximum atomic E-state index is 10.5. The van der Waals surface area contributed by atoms with E-state index < -0.39 is 5.97 Å². The van der Waals surface area contributed by atoms with Crippen LogP contribution in [0.4, 0.5) is 0 Å². The summed E-state index contributed by atoms with van der Waals surface area (Å²) in [5.41, 5.74) is 0.514. The van der Waals surface area contributed by atoms with Crippen molar-refractivity contribution in [1.82, 2.24) is 10.6 Å². The lowest BCUT2D eigenvalue weighted by Gasteiger charge is -2.04. The van der Waals surface area contributed by atoms with Gasteiger partial charge in [0.05, 0.1) is 5.70 Å². The molecule has 0 aromatic carbocycles. The Kier molecular flexibility index (Phi) is 4.98. The third-order valence-electron chi connectivity index (χ3n) is 2.54. The number of ether oxygens (including phenoxy) is 1. The third-order valence-corrected chi connectivity index (χ3v) is 2.54. The molecule has 0 aromatic rings. The minimum absolute atomic E-state index is 0.322. The first-order chi connectivity index (χ1) is 7.63. The van der Waals surface area contributed by atoms with Crippen LogP contribution in [-0.4, -0.2) is 31.1 Å². The summed E-state index contributed by atoms with van der Waals surface area (Å²) in [6.45, 7) is 5.15. The zero-order chi connectivity index (χ0) is 12.0. The number of nitrogens with one attached hydrogen (secondary N) is 2. The second-order valence-electron chi connectivity index (χ2n) is 3.94. The molecule has 5 nitrogen and oxygen atoms in total. The monoisotopic (exact) mass is 226 g/mol. The van der Waals surface area contributed by atoms with Crippen molar-refractivity contribution < 1.29 is 14.3 Å².